The smallest absolute Gasteiger partial charge is 0.264 e. The van der Waals surface area contributed by atoms with Gasteiger partial charge in [-0.15, -0.1) is 11.3 Å². The van der Waals surface area contributed by atoms with E-state index >= 15 is 0 Å². The van der Waals surface area contributed by atoms with Crippen molar-refractivity contribution in [1.82, 2.24) is 4.90 Å². The summed E-state index contributed by atoms with van der Waals surface area (Å²) in [6.45, 7) is 1.04. The van der Waals surface area contributed by atoms with Crippen molar-refractivity contribution in [3.8, 4) is 0 Å². The van der Waals surface area contributed by atoms with Gasteiger partial charge in [-0.25, -0.2) is 8.42 Å². The molecular formula is C24H25N3O4S2. The summed E-state index contributed by atoms with van der Waals surface area (Å²) in [4.78, 5) is 27.9. The van der Waals surface area contributed by atoms with Crippen molar-refractivity contribution in [1.29, 1.82) is 0 Å². The van der Waals surface area contributed by atoms with E-state index in [4.69, 9.17) is 0 Å². The summed E-state index contributed by atoms with van der Waals surface area (Å²) in [5.41, 5.74) is 0.982. The largest absolute Gasteiger partial charge is 0.338 e. The highest BCUT2D eigenvalue weighted by Crippen LogP contribution is 2.25. The van der Waals surface area contributed by atoms with Gasteiger partial charge < -0.3 is 10.2 Å². The summed E-state index contributed by atoms with van der Waals surface area (Å²) < 4.78 is 27.3. The van der Waals surface area contributed by atoms with Crippen LogP contribution in [0.5, 0.6) is 0 Å². The molecule has 0 atom stereocenters. The minimum Gasteiger partial charge on any atom is -0.338 e. The normalized spacial score (nSPS) is 14.6. The lowest BCUT2D eigenvalue weighted by atomic mass is 9.95. The Bertz CT molecular complexity index is 1220. The zero-order valence-electron chi connectivity index (χ0n) is 18.2. The standard InChI is InChI=1S/C24H25N3O4S2/c1-26(20-8-3-2-4-9-20)33(30,31)21-10-5-7-19(17-21)25-23(28)18-12-14-27(15-13-18)24(29)22-11-6-16-32-22/h2-11,16-18H,12-15H2,1H3,(H,25,28). The number of hydrogen-bond acceptors (Lipinski definition) is 5. The monoisotopic (exact) mass is 483 g/mol. The summed E-state index contributed by atoms with van der Waals surface area (Å²) in [6, 6.07) is 18.8. The molecule has 0 aliphatic carbocycles. The van der Waals surface area contributed by atoms with Gasteiger partial charge in [0.25, 0.3) is 15.9 Å². The number of benzene rings is 2. The SMILES string of the molecule is CN(c1ccccc1)S(=O)(=O)c1cccc(NC(=O)C2CCN(C(=O)c3cccs3)CC2)c1. The second kappa shape index (κ2) is 9.76. The van der Waals surface area contributed by atoms with Crippen LogP contribution in [0.25, 0.3) is 0 Å². The van der Waals surface area contributed by atoms with Crippen LogP contribution < -0.4 is 9.62 Å². The topological polar surface area (TPSA) is 86.8 Å². The first-order valence-electron chi connectivity index (χ1n) is 10.6. The number of hydrogen-bond donors (Lipinski definition) is 1. The molecule has 1 aromatic heterocycles. The predicted molar refractivity (Wildman–Crippen MR) is 130 cm³/mol. The maximum absolute atomic E-state index is 13.0. The van der Waals surface area contributed by atoms with Crippen LogP contribution in [-0.4, -0.2) is 45.3 Å². The fourth-order valence-corrected chi connectivity index (χ4v) is 5.75. The average molecular weight is 484 g/mol. The lowest BCUT2D eigenvalue weighted by molar-refractivity contribution is -0.121. The lowest BCUT2D eigenvalue weighted by Gasteiger charge is -2.31. The van der Waals surface area contributed by atoms with Crippen molar-refractivity contribution in [3.63, 3.8) is 0 Å². The number of nitrogens with zero attached hydrogens (tertiary/aromatic N) is 2. The number of nitrogens with one attached hydrogen (secondary N) is 1. The molecule has 172 valence electrons. The maximum atomic E-state index is 13.0. The van der Waals surface area contributed by atoms with Crippen molar-refractivity contribution < 1.29 is 18.0 Å². The predicted octanol–water partition coefficient (Wildman–Crippen LogP) is 4.06. The van der Waals surface area contributed by atoms with Crippen LogP contribution in [0.2, 0.25) is 0 Å². The minimum atomic E-state index is -3.77. The Labute approximate surface area is 197 Å². The highest BCUT2D eigenvalue weighted by molar-refractivity contribution is 7.92. The number of likely N-dealkylation sites (tertiary alicyclic amines) is 1. The fraction of sp³-hybridized carbons (Fsp3) is 0.250. The molecule has 0 radical (unpaired) electrons. The Morgan fingerprint density at radius 2 is 1.73 bits per heavy atom. The Hall–Kier alpha value is -3.17. The molecule has 9 heteroatoms. The van der Waals surface area contributed by atoms with Crippen molar-refractivity contribution in [2.45, 2.75) is 17.7 Å². The van der Waals surface area contributed by atoms with Gasteiger partial charge in [0.2, 0.25) is 5.91 Å². The Morgan fingerprint density at radius 1 is 1.00 bits per heavy atom. The fourth-order valence-electron chi connectivity index (χ4n) is 3.81. The van der Waals surface area contributed by atoms with Crippen LogP contribution in [-0.2, 0) is 14.8 Å². The summed E-state index contributed by atoms with van der Waals surface area (Å²) in [7, 11) is -2.27. The Balaban J connectivity index is 1.39. The molecular weight excluding hydrogens is 458 g/mol. The van der Waals surface area contributed by atoms with E-state index in [2.05, 4.69) is 5.32 Å². The molecule has 0 unspecified atom stereocenters. The van der Waals surface area contributed by atoms with Crippen LogP contribution in [0.1, 0.15) is 22.5 Å². The summed E-state index contributed by atoms with van der Waals surface area (Å²) in [5.74, 6) is -0.391. The van der Waals surface area contributed by atoms with Crippen molar-refractivity contribution >= 4 is 44.5 Å². The van der Waals surface area contributed by atoms with Crippen LogP contribution in [0, 0.1) is 5.92 Å². The van der Waals surface area contributed by atoms with Gasteiger partial charge in [0.05, 0.1) is 15.5 Å². The van der Waals surface area contributed by atoms with E-state index in [0.29, 0.717) is 42.2 Å². The Kier molecular flexibility index (Phi) is 6.80. The van der Waals surface area contributed by atoms with E-state index in [-0.39, 0.29) is 22.6 Å². The van der Waals surface area contributed by atoms with Gasteiger partial charge in [-0.3, -0.25) is 13.9 Å². The van der Waals surface area contributed by atoms with Gasteiger partial charge in [-0.2, -0.15) is 0 Å². The second-order valence-corrected chi connectivity index (χ2v) is 10.8. The molecule has 7 nitrogen and oxygen atoms in total. The second-order valence-electron chi connectivity index (χ2n) is 7.87. The molecule has 0 spiro atoms. The van der Waals surface area contributed by atoms with Crippen molar-refractivity contribution in [2.75, 3.05) is 29.8 Å². The molecule has 1 fully saturated rings. The van der Waals surface area contributed by atoms with Crippen LogP contribution in [0.3, 0.4) is 0 Å². The number of piperidine rings is 1. The van der Waals surface area contributed by atoms with Crippen LogP contribution in [0.4, 0.5) is 11.4 Å². The van der Waals surface area contributed by atoms with E-state index in [1.165, 1.54) is 34.8 Å². The van der Waals surface area contributed by atoms with E-state index in [1.807, 2.05) is 23.6 Å². The van der Waals surface area contributed by atoms with E-state index in [0.717, 1.165) is 0 Å². The van der Waals surface area contributed by atoms with Crippen LogP contribution in [0.15, 0.2) is 77.0 Å². The van der Waals surface area contributed by atoms with Crippen molar-refractivity contribution in [2.24, 2.45) is 5.92 Å². The van der Waals surface area contributed by atoms with E-state index < -0.39 is 10.0 Å². The first-order valence-corrected chi connectivity index (χ1v) is 13.0. The zero-order valence-corrected chi connectivity index (χ0v) is 19.8. The third-order valence-corrected chi connectivity index (χ3v) is 8.40. The lowest BCUT2D eigenvalue weighted by Crippen LogP contribution is -2.41. The number of sulfonamides is 1. The Morgan fingerprint density at radius 3 is 2.39 bits per heavy atom. The van der Waals surface area contributed by atoms with Crippen LogP contribution >= 0.6 is 11.3 Å². The number of thiophene rings is 1. The molecule has 2 heterocycles. The molecule has 1 N–H and O–H groups in total. The van der Waals surface area contributed by atoms with E-state index in [1.54, 1.807) is 41.3 Å². The number of rotatable bonds is 6. The van der Waals surface area contributed by atoms with Gasteiger partial charge in [0.1, 0.15) is 0 Å². The number of para-hydroxylation sites is 1. The van der Waals surface area contributed by atoms with E-state index in [9.17, 15) is 18.0 Å². The summed E-state index contributed by atoms with van der Waals surface area (Å²) in [6.07, 6.45) is 1.13. The molecule has 0 saturated carbocycles. The molecule has 3 aromatic rings. The molecule has 33 heavy (non-hydrogen) atoms. The molecule has 0 bridgehead atoms. The highest BCUT2D eigenvalue weighted by atomic mass is 32.2. The molecule has 4 rings (SSSR count). The van der Waals surface area contributed by atoms with Crippen molar-refractivity contribution in [3.05, 3.63) is 77.0 Å². The number of carbonyl (C=O) groups excluding carboxylic acids is 2. The first kappa shape index (κ1) is 23.0. The van der Waals surface area contributed by atoms with Gasteiger partial charge in [-0.1, -0.05) is 30.3 Å². The van der Waals surface area contributed by atoms with Gasteiger partial charge in [0, 0.05) is 31.7 Å². The molecule has 1 aliphatic heterocycles. The number of amides is 2. The summed E-state index contributed by atoms with van der Waals surface area (Å²) >= 11 is 1.41. The molecule has 2 amide bonds. The minimum absolute atomic E-state index is 0.00398. The van der Waals surface area contributed by atoms with Gasteiger partial charge in [-0.05, 0) is 54.6 Å². The van der Waals surface area contributed by atoms with Gasteiger partial charge in [0.15, 0.2) is 0 Å². The third-order valence-electron chi connectivity index (χ3n) is 5.76. The average Bonchev–Trinajstić information content (AvgIpc) is 3.39. The highest BCUT2D eigenvalue weighted by Gasteiger charge is 2.28. The zero-order chi connectivity index (χ0) is 23.4. The number of anilines is 2. The molecule has 1 aliphatic rings. The first-order chi connectivity index (χ1) is 15.9. The molecule has 1 saturated heterocycles. The third kappa shape index (κ3) is 5.09. The number of carbonyl (C=O) groups is 2. The molecule has 2 aromatic carbocycles. The quantitative estimate of drug-likeness (QED) is 0.573. The summed E-state index contributed by atoms with van der Waals surface area (Å²) in [5, 5.41) is 4.73. The van der Waals surface area contributed by atoms with Gasteiger partial charge >= 0.3 is 0 Å². The maximum Gasteiger partial charge on any atom is 0.264 e.